The van der Waals surface area contributed by atoms with Crippen LogP contribution < -0.4 is 5.32 Å². The number of para-hydroxylation sites is 1. The smallest absolute Gasteiger partial charge is 0.357 e. The van der Waals surface area contributed by atoms with Gasteiger partial charge in [-0.1, -0.05) is 41.9 Å². The first-order valence-electron chi connectivity index (χ1n) is 7.20. The fourth-order valence-corrected chi connectivity index (χ4v) is 2.34. The molecule has 0 atom stereocenters. The second-order valence-corrected chi connectivity index (χ2v) is 5.46. The van der Waals surface area contributed by atoms with Gasteiger partial charge in [-0.15, -0.1) is 0 Å². The van der Waals surface area contributed by atoms with Gasteiger partial charge < -0.3 is 10.1 Å². The fourth-order valence-electron chi connectivity index (χ4n) is 2.15. The second kappa shape index (κ2) is 7.10. The van der Waals surface area contributed by atoms with E-state index in [4.69, 9.17) is 16.3 Å². The zero-order chi connectivity index (χ0) is 16.9. The van der Waals surface area contributed by atoms with Crippen molar-refractivity contribution in [3.8, 4) is 0 Å². The van der Waals surface area contributed by atoms with Gasteiger partial charge in [-0.25, -0.2) is 9.78 Å². The van der Waals surface area contributed by atoms with Gasteiger partial charge in [-0.3, -0.25) is 4.79 Å². The molecule has 2 aromatic carbocycles. The fraction of sp³-hybridized carbons (Fsp3) is 0.0556. The van der Waals surface area contributed by atoms with E-state index in [0.717, 1.165) is 5.39 Å². The van der Waals surface area contributed by atoms with Crippen molar-refractivity contribution in [2.24, 2.45) is 0 Å². The van der Waals surface area contributed by atoms with Gasteiger partial charge in [-0.05, 0) is 30.3 Å². The van der Waals surface area contributed by atoms with Crippen molar-refractivity contribution in [2.45, 2.75) is 0 Å². The predicted octanol–water partition coefficient (Wildman–Crippen LogP) is 3.68. The van der Waals surface area contributed by atoms with Crippen molar-refractivity contribution in [1.82, 2.24) is 4.98 Å². The number of rotatable bonds is 4. The Morgan fingerprint density at radius 2 is 1.88 bits per heavy atom. The number of halogens is 1. The number of esters is 1. The van der Waals surface area contributed by atoms with Gasteiger partial charge in [-0.2, -0.15) is 0 Å². The third kappa shape index (κ3) is 3.88. The summed E-state index contributed by atoms with van der Waals surface area (Å²) in [4.78, 5) is 28.1. The number of aromatic nitrogens is 1. The highest BCUT2D eigenvalue weighted by atomic mass is 35.5. The lowest BCUT2D eigenvalue weighted by atomic mass is 10.2. The van der Waals surface area contributed by atoms with E-state index in [1.807, 2.05) is 18.2 Å². The van der Waals surface area contributed by atoms with Crippen LogP contribution in [0.4, 0.5) is 5.69 Å². The maximum atomic E-state index is 12.0. The number of carbonyl (C=O) groups excluding carboxylic acids is 2. The quantitative estimate of drug-likeness (QED) is 0.735. The molecule has 0 saturated heterocycles. The summed E-state index contributed by atoms with van der Waals surface area (Å²) in [5.41, 5.74) is 1.38. The molecular formula is C18H13ClN2O3. The van der Waals surface area contributed by atoms with E-state index in [2.05, 4.69) is 10.3 Å². The molecule has 5 nitrogen and oxygen atoms in total. The predicted molar refractivity (Wildman–Crippen MR) is 92.1 cm³/mol. The largest absolute Gasteiger partial charge is 0.451 e. The number of fused-ring (bicyclic) bond motifs is 1. The number of amides is 1. The Hall–Kier alpha value is -2.92. The molecule has 0 unspecified atom stereocenters. The molecule has 3 rings (SSSR count). The minimum atomic E-state index is -0.651. The van der Waals surface area contributed by atoms with Crippen LogP contribution in [0.2, 0.25) is 5.02 Å². The van der Waals surface area contributed by atoms with Crippen LogP contribution in [0.3, 0.4) is 0 Å². The molecule has 1 heterocycles. The van der Waals surface area contributed by atoms with Gasteiger partial charge in [0.1, 0.15) is 5.69 Å². The molecule has 0 radical (unpaired) electrons. The number of nitrogens with zero attached hydrogens (tertiary/aromatic N) is 1. The molecular weight excluding hydrogens is 328 g/mol. The Morgan fingerprint density at radius 1 is 1.04 bits per heavy atom. The van der Waals surface area contributed by atoms with Gasteiger partial charge in [0, 0.05) is 16.1 Å². The van der Waals surface area contributed by atoms with Gasteiger partial charge in [0.15, 0.2) is 6.61 Å². The molecule has 0 saturated carbocycles. The molecule has 0 aliphatic carbocycles. The minimum absolute atomic E-state index is 0.157. The summed E-state index contributed by atoms with van der Waals surface area (Å²) in [6, 6.07) is 17.5. The first-order valence-corrected chi connectivity index (χ1v) is 7.58. The first kappa shape index (κ1) is 16.0. The topological polar surface area (TPSA) is 68.3 Å². The van der Waals surface area contributed by atoms with Crippen molar-refractivity contribution < 1.29 is 14.3 Å². The molecule has 0 aliphatic heterocycles. The monoisotopic (exact) mass is 340 g/mol. The average molecular weight is 341 g/mol. The highest BCUT2D eigenvalue weighted by Gasteiger charge is 2.12. The highest BCUT2D eigenvalue weighted by molar-refractivity contribution is 6.30. The lowest BCUT2D eigenvalue weighted by Gasteiger charge is -2.07. The van der Waals surface area contributed by atoms with Gasteiger partial charge in [0.05, 0.1) is 5.52 Å². The molecule has 24 heavy (non-hydrogen) atoms. The third-order valence-corrected chi connectivity index (χ3v) is 3.49. The molecule has 0 aliphatic rings. The maximum Gasteiger partial charge on any atom is 0.357 e. The van der Waals surface area contributed by atoms with Crippen LogP contribution in [0.15, 0.2) is 60.7 Å². The summed E-state index contributed by atoms with van der Waals surface area (Å²) >= 11 is 5.84. The summed E-state index contributed by atoms with van der Waals surface area (Å²) < 4.78 is 4.99. The normalized spacial score (nSPS) is 10.4. The van der Waals surface area contributed by atoms with Crippen molar-refractivity contribution in [3.63, 3.8) is 0 Å². The first-order chi connectivity index (χ1) is 11.6. The zero-order valence-electron chi connectivity index (χ0n) is 12.5. The SMILES string of the molecule is O=C(COC(=O)c1ccc2ccccc2n1)Nc1cccc(Cl)c1. The van der Waals surface area contributed by atoms with E-state index in [-0.39, 0.29) is 5.69 Å². The van der Waals surface area contributed by atoms with Crippen LogP contribution in [0.25, 0.3) is 10.9 Å². The van der Waals surface area contributed by atoms with Gasteiger partial charge >= 0.3 is 5.97 Å². The third-order valence-electron chi connectivity index (χ3n) is 3.25. The number of hydrogen-bond donors (Lipinski definition) is 1. The number of hydrogen-bond acceptors (Lipinski definition) is 4. The summed E-state index contributed by atoms with van der Waals surface area (Å²) in [6.45, 7) is -0.403. The van der Waals surface area contributed by atoms with Gasteiger partial charge in [0.2, 0.25) is 0 Å². The van der Waals surface area contributed by atoms with Crippen molar-refractivity contribution in [1.29, 1.82) is 0 Å². The lowest BCUT2D eigenvalue weighted by Crippen LogP contribution is -2.21. The number of ether oxygens (including phenoxy) is 1. The molecule has 1 aromatic heterocycles. The van der Waals surface area contributed by atoms with Crippen molar-refractivity contribution in [2.75, 3.05) is 11.9 Å². The average Bonchev–Trinajstić information content (AvgIpc) is 2.59. The molecule has 0 spiro atoms. The van der Waals surface area contributed by atoms with Crippen LogP contribution >= 0.6 is 11.6 Å². The number of carbonyl (C=O) groups is 2. The maximum absolute atomic E-state index is 12.0. The summed E-state index contributed by atoms with van der Waals surface area (Å²) in [6.07, 6.45) is 0. The van der Waals surface area contributed by atoms with Crippen LogP contribution in [-0.4, -0.2) is 23.5 Å². The molecule has 1 N–H and O–H groups in total. The summed E-state index contributed by atoms with van der Waals surface area (Å²) in [7, 11) is 0. The molecule has 120 valence electrons. The van der Waals surface area contributed by atoms with Crippen molar-refractivity contribution >= 4 is 40.1 Å². The van der Waals surface area contributed by atoms with E-state index in [9.17, 15) is 9.59 Å². The van der Waals surface area contributed by atoms with Gasteiger partial charge in [0.25, 0.3) is 5.91 Å². The number of pyridine rings is 1. The van der Waals surface area contributed by atoms with Crippen molar-refractivity contribution in [3.05, 3.63) is 71.4 Å². The highest BCUT2D eigenvalue weighted by Crippen LogP contribution is 2.15. The van der Waals surface area contributed by atoms with Crippen LogP contribution in [-0.2, 0) is 9.53 Å². The molecule has 0 bridgehead atoms. The summed E-state index contributed by atoms with van der Waals surface area (Å²) in [5.74, 6) is -1.10. The zero-order valence-corrected chi connectivity index (χ0v) is 13.3. The Kier molecular flexibility index (Phi) is 4.72. The van der Waals surface area contributed by atoms with E-state index >= 15 is 0 Å². The molecule has 3 aromatic rings. The van der Waals surface area contributed by atoms with E-state index in [1.54, 1.807) is 42.5 Å². The van der Waals surface area contributed by atoms with E-state index in [1.165, 1.54) is 0 Å². The van der Waals surface area contributed by atoms with Crippen LogP contribution in [0.1, 0.15) is 10.5 Å². The Balaban J connectivity index is 1.60. The Morgan fingerprint density at radius 3 is 2.71 bits per heavy atom. The minimum Gasteiger partial charge on any atom is -0.451 e. The second-order valence-electron chi connectivity index (χ2n) is 5.02. The number of nitrogens with one attached hydrogen (secondary N) is 1. The molecule has 1 amide bonds. The Labute approximate surface area is 143 Å². The Bertz CT molecular complexity index is 911. The summed E-state index contributed by atoms with van der Waals surface area (Å²) in [5, 5.41) is 4.03. The molecule has 6 heteroatoms. The number of benzene rings is 2. The molecule has 0 fully saturated rings. The van der Waals surface area contributed by atoms with Crippen LogP contribution in [0, 0.1) is 0 Å². The van der Waals surface area contributed by atoms with Crippen LogP contribution in [0.5, 0.6) is 0 Å². The van der Waals surface area contributed by atoms with E-state index < -0.39 is 18.5 Å². The number of anilines is 1. The standard InChI is InChI=1S/C18H13ClN2O3/c19-13-5-3-6-14(10-13)20-17(22)11-24-18(23)16-9-8-12-4-1-2-7-15(12)21-16/h1-10H,11H2,(H,20,22). The lowest BCUT2D eigenvalue weighted by molar-refractivity contribution is -0.119. The van der Waals surface area contributed by atoms with E-state index in [0.29, 0.717) is 16.2 Å².